The van der Waals surface area contributed by atoms with E-state index in [-0.39, 0.29) is 19.3 Å². The highest BCUT2D eigenvalue weighted by Crippen LogP contribution is 2.37. The fraction of sp³-hybridized carbons (Fsp3) is 0.625. The second-order valence-corrected chi connectivity index (χ2v) is 7.50. The molecule has 0 bridgehead atoms. The molecule has 0 radical (unpaired) electrons. The van der Waals surface area contributed by atoms with Gasteiger partial charge >= 0.3 is 0 Å². The molecule has 1 aliphatic heterocycles. The summed E-state index contributed by atoms with van der Waals surface area (Å²) in [6.45, 7) is 7.23. The Bertz CT molecular complexity index is 560. The molecule has 3 unspecified atom stereocenters. The Balaban J connectivity index is 0.000000243. The molecule has 1 aliphatic rings. The second-order valence-electron chi connectivity index (χ2n) is 5.79. The summed E-state index contributed by atoms with van der Waals surface area (Å²) in [5.74, 6) is 0.412. The van der Waals surface area contributed by atoms with E-state index in [1.807, 2.05) is 33.8 Å². The number of aliphatic hydroxyl groups is 3. The number of nitrogen functional groups attached to an aromatic ring is 1. The van der Waals surface area contributed by atoms with Crippen LogP contribution in [0.15, 0.2) is 12.4 Å². The number of hydrogen-bond donors (Lipinski definition) is 4. The minimum atomic E-state index is -0.637. The van der Waals surface area contributed by atoms with Crippen LogP contribution >= 0.6 is 15.9 Å². The molecule has 24 heavy (non-hydrogen) atoms. The van der Waals surface area contributed by atoms with Crippen molar-refractivity contribution in [3.05, 3.63) is 23.7 Å². The molecule has 0 aromatic carbocycles. The van der Waals surface area contributed by atoms with Gasteiger partial charge in [0.05, 0.1) is 35.4 Å². The fourth-order valence-electron chi connectivity index (χ4n) is 2.42. The first-order chi connectivity index (χ1) is 11.2. The monoisotopic (exact) mass is 403 g/mol. The zero-order valence-corrected chi connectivity index (χ0v) is 16.0. The molecule has 1 aromatic heterocycles. The van der Waals surface area contributed by atoms with E-state index in [0.717, 1.165) is 16.8 Å². The van der Waals surface area contributed by atoms with Crippen molar-refractivity contribution in [3.63, 3.8) is 0 Å². The molecule has 2 heterocycles. The Kier molecular flexibility index (Phi) is 7.75. The zero-order chi connectivity index (χ0) is 18.5. The van der Waals surface area contributed by atoms with Gasteiger partial charge in [0.15, 0.2) is 0 Å². The molecule has 5 N–H and O–H groups in total. The SMILES string of the molecule is C/C=C(/CO)c1c(C)ncnc1N.C[C@@H]1OC(CO)C(O)C1(C)Br. The standard InChI is InChI=1S/C9H13N3O.C7H13BrO3/c1-3-7(4-13)8-6(2)11-5-12-9(8)10;1-4-7(2,8)6(10)5(3-9)11-4/h3,5,13H,4H2,1-2H3,(H2,10,11,12);4-6,9-10H,3H2,1-2H3/b7-3-;/t;4-,5?,6?,7?/m.0/s1. The van der Waals surface area contributed by atoms with E-state index >= 15 is 0 Å². The van der Waals surface area contributed by atoms with Crippen molar-refractivity contribution >= 4 is 27.3 Å². The van der Waals surface area contributed by atoms with Gasteiger partial charge < -0.3 is 25.8 Å². The highest BCUT2D eigenvalue weighted by Gasteiger charge is 2.48. The van der Waals surface area contributed by atoms with Crippen LogP contribution in [-0.2, 0) is 4.74 Å². The number of allylic oxidation sites excluding steroid dienone is 1. The summed E-state index contributed by atoms with van der Waals surface area (Å²) in [5, 5.41) is 27.4. The Hall–Kier alpha value is -1.06. The van der Waals surface area contributed by atoms with Gasteiger partial charge in [0.1, 0.15) is 18.2 Å². The molecule has 1 saturated heterocycles. The number of aryl methyl sites for hydroxylation is 1. The maximum absolute atomic E-state index is 9.56. The maximum atomic E-state index is 9.56. The third-order valence-corrected chi connectivity index (χ3v) is 5.30. The summed E-state index contributed by atoms with van der Waals surface area (Å²) in [4.78, 5) is 7.89. The van der Waals surface area contributed by atoms with Crippen LogP contribution in [0.25, 0.3) is 5.57 Å². The molecule has 1 aromatic rings. The molecule has 0 saturated carbocycles. The maximum Gasteiger partial charge on any atom is 0.134 e. The predicted octanol–water partition coefficient (Wildman–Crippen LogP) is 1.04. The number of alkyl halides is 1. The van der Waals surface area contributed by atoms with Crippen molar-refractivity contribution in [2.45, 2.75) is 50.3 Å². The van der Waals surface area contributed by atoms with Crippen LogP contribution < -0.4 is 5.73 Å². The molecule has 0 aliphatic carbocycles. The lowest BCUT2D eigenvalue weighted by Gasteiger charge is -2.22. The number of halogens is 1. The van der Waals surface area contributed by atoms with E-state index in [0.29, 0.717) is 5.82 Å². The Morgan fingerprint density at radius 2 is 2.08 bits per heavy atom. The molecule has 0 spiro atoms. The van der Waals surface area contributed by atoms with Crippen molar-refractivity contribution in [1.82, 2.24) is 9.97 Å². The summed E-state index contributed by atoms with van der Waals surface area (Å²) in [6, 6.07) is 0. The van der Waals surface area contributed by atoms with Gasteiger partial charge in [0.2, 0.25) is 0 Å². The van der Waals surface area contributed by atoms with Crippen molar-refractivity contribution in [3.8, 4) is 0 Å². The van der Waals surface area contributed by atoms with Gasteiger partial charge in [-0.3, -0.25) is 0 Å². The largest absolute Gasteiger partial charge is 0.394 e. The van der Waals surface area contributed by atoms with Crippen LogP contribution in [0.1, 0.15) is 32.0 Å². The number of aromatic nitrogens is 2. The lowest BCUT2D eigenvalue weighted by molar-refractivity contribution is -0.0170. The Morgan fingerprint density at radius 3 is 2.42 bits per heavy atom. The lowest BCUT2D eigenvalue weighted by Crippen LogP contribution is -2.39. The van der Waals surface area contributed by atoms with Crippen LogP contribution in [0.4, 0.5) is 5.82 Å². The number of nitrogens with two attached hydrogens (primary N) is 1. The smallest absolute Gasteiger partial charge is 0.134 e. The van der Waals surface area contributed by atoms with Crippen LogP contribution in [0, 0.1) is 6.92 Å². The predicted molar refractivity (Wildman–Crippen MR) is 96.7 cm³/mol. The first-order valence-corrected chi connectivity index (χ1v) is 8.46. The summed E-state index contributed by atoms with van der Waals surface area (Å²) >= 11 is 3.37. The molecular weight excluding hydrogens is 378 g/mol. The minimum Gasteiger partial charge on any atom is -0.394 e. The van der Waals surface area contributed by atoms with E-state index < -0.39 is 16.5 Å². The summed E-state index contributed by atoms with van der Waals surface area (Å²) in [5.41, 5.74) is 7.96. The number of rotatable bonds is 3. The number of nitrogens with zero attached hydrogens (tertiary/aromatic N) is 2. The van der Waals surface area contributed by atoms with E-state index in [1.165, 1.54) is 6.33 Å². The Labute approximate surface area is 150 Å². The van der Waals surface area contributed by atoms with Crippen LogP contribution in [0.3, 0.4) is 0 Å². The normalized spacial score (nSPS) is 30.0. The Morgan fingerprint density at radius 1 is 1.46 bits per heavy atom. The van der Waals surface area contributed by atoms with Crippen molar-refractivity contribution in [2.75, 3.05) is 18.9 Å². The second kappa shape index (κ2) is 8.87. The third-order valence-electron chi connectivity index (χ3n) is 4.19. The molecule has 8 heteroatoms. The van der Waals surface area contributed by atoms with Gasteiger partial charge in [-0.15, -0.1) is 0 Å². The molecule has 7 nitrogen and oxygen atoms in total. The summed E-state index contributed by atoms with van der Waals surface area (Å²) < 4.78 is 4.86. The molecule has 0 amide bonds. The topological polar surface area (TPSA) is 122 Å². The van der Waals surface area contributed by atoms with Gasteiger partial charge in [-0.1, -0.05) is 22.0 Å². The summed E-state index contributed by atoms with van der Waals surface area (Å²) in [6.07, 6.45) is 2.06. The van der Waals surface area contributed by atoms with Crippen molar-refractivity contribution < 1.29 is 20.1 Å². The van der Waals surface area contributed by atoms with Gasteiger partial charge in [-0.05, 0) is 33.3 Å². The van der Waals surface area contributed by atoms with Crippen LogP contribution in [0.2, 0.25) is 0 Å². The molecule has 4 atom stereocenters. The number of ether oxygens (including phenoxy) is 1. The first-order valence-electron chi connectivity index (χ1n) is 7.67. The fourth-order valence-corrected chi connectivity index (χ4v) is 2.82. The number of aliphatic hydroxyl groups excluding tert-OH is 3. The van der Waals surface area contributed by atoms with Gasteiger partial charge in [0.25, 0.3) is 0 Å². The lowest BCUT2D eigenvalue weighted by atomic mass is 9.99. The van der Waals surface area contributed by atoms with Crippen molar-refractivity contribution in [2.24, 2.45) is 0 Å². The van der Waals surface area contributed by atoms with Gasteiger partial charge in [-0.25, -0.2) is 9.97 Å². The highest BCUT2D eigenvalue weighted by atomic mass is 79.9. The zero-order valence-electron chi connectivity index (χ0n) is 14.4. The van der Waals surface area contributed by atoms with E-state index in [1.54, 1.807) is 0 Å². The van der Waals surface area contributed by atoms with E-state index in [9.17, 15) is 5.11 Å². The van der Waals surface area contributed by atoms with Gasteiger partial charge in [-0.2, -0.15) is 0 Å². The van der Waals surface area contributed by atoms with Crippen molar-refractivity contribution in [1.29, 1.82) is 0 Å². The molecule has 136 valence electrons. The molecule has 1 fully saturated rings. The van der Waals surface area contributed by atoms with Crippen LogP contribution in [0.5, 0.6) is 0 Å². The average molecular weight is 404 g/mol. The number of hydrogen-bond acceptors (Lipinski definition) is 7. The average Bonchev–Trinajstić information content (AvgIpc) is 2.74. The summed E-state index contributed by atoms with van der Waals surface area (Å²) in [7, 11) is 0. The van der Waals surface area contributed by atoms with E-state index in [4.69, 9.17) is 20.7 Å². The first kappa shape index (κ1) is 21.0. The molecular formula is C16H26BrN3O4. The third kappa shape index (κ3) is 4.52. The van der Waals surface area contributed by atoms with Gasteiger partial charge in [0, 0.05) is 5.56 Å². The quantitative estimate of drug-likeness (QED) is 0.556. The number of anilines is 1. The minimum absolute atomic E-state index is 0.0467. The highest BCUT2D eigenvalue weighted by molar-refractivity contribution is 9.10. The van der Waals surface area contributed by atoms with E-state index in [2.05, 4.69) is 25.9 Å². The van der Waals surface area contributed by atoms with Crippen LogP contribution in [-0.4, -0.2) is 61.1 Å². The molecule has 2 rings (SSSR count).